The van der Waals surface area contributed by atoms with Crippen LogP contribution < -0.4 is 5.32 Å². The van der Waals surface area contributed by atoms with Crippen molar-refractivity contribution in [3.05, 3.63) is 29.8 Å². The maximum absolute atomic E-state index is 11.0. The molecule has 1 aliphatic heterocycles. The summed E-state index contributed by atoms with van der Waals surface area (Å²) in [6.07, 6.45) is 1.03. The zero-order valence-electron chi connectivity index (χ0n) is 9.10. The van der Waals surface area contributed by atoms with Crippen LogP contribution in [0, 0.1) is 5.92 Å². The summed E-state index contributed by atoms with van der Waals surface area (Å²) in [7, 11) is 0. The van der Waals surface area contributed by atoms with Crippen molar-refractivity contribution in [2.75, 3.05) is 5.32 Å². The fraction of sp³-hybridized carbons (Fsp3) is 0.417. The van der Waals surface area contributed by atoms with Gasteiger partial charge in [-0.3, -0.25) is 4.79 Å². The largest absolute Gasteiger partial charge is 0.365 e. The number of anilines is 1. The van der Waals surface area contributed by atoms with E-state index < -0.39 is 0 Å². The quantitative estimate of drug-likeness (QED) is 0.748. The Balaban J connectivity index is 2.30. The molecule has 1 aromatic rings. The first-order chi connectivity index (χ1) is 7.22. The molecule has 0 spiro atoms. The van der Waals surface area contributed by atoms with Crippen LogP contribution in [0.2, 0.25) is 0 Å². The van der Waals surface area contributed by atoms with Gasteiger partial charge in [0, 0.05) is 12.2 Å². The lowest BCUT2D eigenvalue weighted by Crippen LogP contribution is -2.46. The van der Waals surface area contributed by atoms with Gasteiger partial charge in [-0.25, -0.2) is 0 Å². The Kier molecular flexibility index (Phi) is 2.62. The van der Waals surface area contributed by atoms with Gasteiger partial charge in [-0.15, -0.1) is 0 Å². The molecule has 3 heteroatoms. The Labute approximate surface area is 90.1 Å². The molecule has 0 saturated heterocycles. The first kappa shape index (κ1) is 10.0. The molecule has 0 bridgehead atoms. The number of carbonyl (C=O) groups is 1. The Morgan fingerprint density at radius 2 is 2.20 bits per heavy atom. The Bertz CT molecular complexity index is 362. The minimum atomic E-state index is 0.109. The van der Waals surface area contributed by atoms with E-state index in [1.165, 1.54) is 5.56 Å². The molecule has 0 fully saturated rings. The van der Waals surface area contributed by atoms with Gasteiger partial charge < -0.3 is 10.2 Å². The number of carbonyl (C=O) groups excluding carboxylic acids is 1. The molecule has 2 rings (SSSR count). The van der Waals surface area contributed by atoms with Crippen LogP contribution in [0.5, 0.6) is 0 Å². The number of fused-ring (bicyclic) bond motifs is 1. The average molecular weight is 204 g/mol. The van der Waals surface area contributed by atoms with Crippen LogP contribution in [0.1, 0.15) is 19.4 Å². The topological polar surface area (TPSA) is 32.3 Å². The molecule has 1 aliphatic rings. The van der Waals surface area contributed by atoms with Crippen molar-refractivity contribution in [3.63, 3.8) is 0 Å². The van der Waals surface area contributed by atoms with Gasteiger partial charge in [0.05, 0.1) is 0 Å². The minimum Gasteiger partial charge on any atom is -0.365 e. The third-order valence-electron chi connectivity index (χ3n) is 2.80. The standard InChI is InChI=1S/C12H16N2O/c1-9(2)12-13-11-6-4-3-5-10(11)7-14(12)8-15/h3-6,8-9,12-13H,7H2,1-2H3. The third-order valence-corrected chi connectivity index (χ3v) is 2.80. The summed E-state index contributed by atoms with van der Waals surface area (Å²) in [4.78, 5) is 12.8. The van der Waals surface area contributed by atoms with Crippen molar-refractivity contribution in [3.8, 4) is 0 Å². The first-order valence-corrected chi connectivity index (χ1v) is 5.28. The smallest absolute Gasteiger partial charge is 0.211 e. The Hall–Kier alpha value is -1.51. The molecule has 80 valence electrons. The van der Waals surface area contributed by atoms with Crippen LogP contribution in [0.4, 0.5) is 5.69 Å². The van der Waals surface area contributed by atoms with Crippen molar-refractivity contribution in [2.45, 2.75) is 26.6 Å². The predicted octanol–water partition coefficient (Wildman–Crippen LogP) is 2.05. The molecule has 15 heavy (non-hydrogen) atoms. The number of hydrogen-bond donors (Lipinski definition) is 1. The van der Waals surface area contributed by atoms with E-state index in [4.69, 9.17) is 0 Å². The number of nitrogens with zero attached hydrogens (tertiary/aromatic N) is 1. The molecule has 1 atom stereocenters. The number of nitrogens with one attached hydrogen (secondary N) is 1. The van der Waals surface area contributed by atoms with Crippen LogP contribution in [-0.2, 0) is 11.3 Å². The minimum absolute atomic E-state index is 0.109. The van der Waals surface area contributed by atoms with Crippen LogP contribution in [0.15, 0.2) is 24.3 Å². The molecule has 1 N–H and O–H groups in total. The summed E-state index contributed by atoms with van der Waals surface area (Å²) in [6, 6.07) is 8.13. The molecular formula is C12H16N2O. The van der Waals surface area contributed by atoms with Crippen LogP contribution in [0.25, 0.3) is 0 Å². The second kappa shape index (κ2) is 3.93. The number of para-hydroxylation sites is 1. The number of hydrogen-bond acceptors (Lipinski definition) is 2. The number of benzene rings is 1. The molecule has 1 aromatic carbocycles. The van der Waals surface area contributed by atoms with Crippen molar-refractivity contribution in [1.82, 2.24) is 4.90 Å². The highest BCUT2D eigenvalue weighted by molar-refractivity contribution is 5.59. The first-order valence-electron chi connectivity index (χ1n) is 5.28. The average Bonchev–Trinajstić information content (AvgIpc) is 2.27. The van der Waals surface area contributed by atoms with Crippen molar-refractivity contribution < 1.29 is 4.79 Å². The van der Waals surface area contributed by atoms with Gasteiger partial charge in [-0.05, 0) is 17.5 Å². The maximum Gasteiger partial charge on any atom is 0.211 e. The number of amides is 1. The molecule has 0 radical (unpaired) electrons. The SMILES string of the molecule is CC(C)C1Nc2ccccc2CN1C=O. The van der Waals surface area contributed by atoms with E-state index in [1.54, 1.807) is 0 Å². The van der Waals surface area contributed by atoms with Crippen LogP contribution in [0.3, 0.4) is 0 Å². The second-order valence-electron chi connectivity index (χ2n) is 4.27. The third kappa shape index (κ3) is 1.82. The maximum atomic E-state index is 11.0. The van der Waals surface area contributed by atoms with E-state index in [9.17, 15) is 4.79 Å². The second-order valence-corrected chi connectivity index (χ2v) is 4.27. The van der Waals surface area contributed by atoms with E-state index in [0.717, 1.165) is 12.1 Å². The van der Waals surface area contributed by atoms with Gasteiger partial charge in [0.1, 0.15) is 6.17 Å². The fourth-order valence-electron chi connectivity index (χ4n) is 1.99. The predicted molar refractivity (Wildman–Crippen MR) is 60.3 cm³/mol. The van der Waals surface area contributed by atoms with E-state index in [2.05, 4.69) is 31.3 Å². The van der Waals surface area contributed by atoms with E-state index in [1.807, 2.05) is 17.0 Å². The summed E-state index contributed by atoms with van der Waals surface area (Å²) in [6.45, 7) is 4.93. The van der Waals surface area contributed by atoms with Gasteiger partial charge in [0.15, 0.2) is 0 Å². The molecule has 1 amide bonds. The molecule has 1 unspecified atom stereocenters. The Morgan fingerprint density at radius 3 is 2.87 bits per heavy atom. The summed E-state index contributed by atoms with van der Waals surface area (Å²) in [5, 5.41) is 3.39. The fourth-order valence-corrected chi connectivity index (χ4v) is 1.99. The molecule has 0 saturated carbocycles. The van der Waals surface area contributed by atoms with Gasteiger partial charge in [0.2, 0.25) is 6.41 Å². The zero-order chi connectivity index (χ0) is 10.8. The monoisotopic (exact) mass is 204 g/mol. The van der Waals surface area contributed by atoms with Crippen LogP contribution in [-0.4, -0.2) is 17.5 Å². The van der Waals surface area contributed by atoms with Crippen molar-refractivity contribution in [2.24, 2.45) is 5.92 Å². The normalized spacial score (nSPS) is 19.7. The van der Waals surface area contributed by atoms with E-state index in [-0.39, 0.29) is 6.17 Å². The highest BCUT2D eigenvalue weighted by Crippen LogP contribution is 2.26. The lowest BCUT2D eigenvalue weighted by Gasteiger charge is -2.38. The molecule has 1 heterocycles. The summed E-state index contributed by atoms with van der Waals surface area (Å²) in [5.74, 6) is 0.406. The van der Waals surface area contributed by atoms with E-state index >= 15 is 0 Å². The molecular weight excluding hydrogens is 188 g/mol. The molecule has 0 aliphatic carbocycles. The molecule has 3 nitrogen and oxygen atoms in total. The zero-order valence-corrected chi connectivity index (χ0v) is 9.10. The van der Waals surface area contributed by atoms with Gasteiger partial charge in [-0.1, -0.05) is 32.0 Å². The summed E-state index contributed by atoms with van der Waals surface area (Å²) < 4.78 is 0. The molecule has 0 aromatic heterocycles. The summed E-state index contributed by atoms with van der Waals surface area (Å²) in [5.41, 5.74) is 2.33. The van der Waals surface area contributed by atoms with Gasteiger partial charge in [0.25, 0.3) is 0 Å². The summed E-state index contributed by atoms with van der Waals surface area (Å²) >= 11 is 0. The number of rotatable bonds is 2. The highest BCUT2D eigenvalue weighted by Gasteiger charge is 2.25. The van der Waals surface area contributed by atoms with E-state index in [0.29, 0.717) is 12.5 Å². The highest BCUT2D eigenvalue weighted by atomic mass is 16.1. The van der Waals surface area contributed by atoms with Gasteiger partial charge >= 0.3 is 0 Å². The lowest BCUT2D eigenvalue weighted by molar-refractivity contribution is -0.121. The van der Waals surface area contributed by atoms with Crippen molar-refractivity contribution in [1.29, 1.82) is 0 Å². The van der Waals surface area contributed by atoms with Crippen molar-refractivity contribution >= 4 is 12.1 Å². The van der Waals surface area contributed by atoms with Crippen LogP contribution >= 0.6 is 0 Å². The van der Waals surface area contributed by atoms with Gasteiger partial charge in [-0.2, -0.15) is 0 Å². The lowest BCUT2D eigenvalue weighted by atomic mass is 10.0. The Morgan fingerprint density at radius 1 is 1.47 bits per heavy atom.